The standard InChI is InChI=1S/C21H22N2O4/c1-13-17-9-10-18(20(17)14-5-2-3-6-14)19(13)21(25)22(12-24)15-7-4-8-16(11-15)23(26)27/h4,7-13,17-19H,2-3,5-6H2,1H3. The summed E-state index contributed by atoms with van der Waals surface area (Å²) in [6.45, 7) is 2.07. The molecule has 1 aromatic rings. The second-order valence-electron chi connectivity index (χ2n) is 7.68. The van der Waals surface area contributed by atoms with Crippen LogP contribution in [0.25, 0.3) is 0 Å². The fourth-order valence-corrected chi connectivity index (χ4v) is 5.09. The Morgan fingerprint density at radius 1 is 1.22 bits per heavy atom. The van der Waals surface area contributed by atoms with Gasteiger partial charge in [-0.2, -0.15) is 0 Å². The van der Waals surface area contributed by atoms with E-state index >= 15 is 0 Å². The van der Waals surface area contributed by atoms with Gasteiger partial charge in [0.1, 0.15) is 0 Å². The maximum Gasteiger partial charge on any atom is 0.271 e. The van der Waals surface area contributed by atoms with Crippen molar-refractivity contribution in [2.45, 2.75) is 32.6 Å². The molecule has 3 aliphatic rings. The number of benzene rings is 1. The van der Waals surface area contributed by atoms with Crippen LogP contribution in [0.4, 0.5) is 11.4 Å². The molecule has 6 nitrogen and oxygen atoms in total. The Hall–Kier alpha value is -2.76. The molecule has 4 atom stereocenters. The van der Waals surface area contributed by atoms with Crippen molar-refractivity contribution < 1.29 is 14.5 Å². The molecule has 2 saturated carbocycles. The van der Waals surface area contributed by atoms with Gasteiger partial charge in [0.25, 0.3) is 5.69 Å². The lowest BCUT2D eigenvalue weighted by atomic mass is 9.83. The van der Waals surface area contributed by atoms with Gasteiger partial charge in [0.05, 0.1) is 16.5 Å². The molecule has 2 amide bonds. The summed E-state index contributed by atoms with van der Waals surface area (Å²) in [5.74, 6) is -0.127. The highest BCUT2D eigenvalue weighted by Gasteiger charge is 2.51. The van der Waals surface area contributed by atoms with Gasteiger partial charge in [-0.05, 0) is 37.7 Å². The van der Waals surface area contributed by atoms with Gasteiger partial charge < -0.3 is 0 Å². The van der Waals surface area contributed by atoms with Crippen LogP contribution >= 0.6 is 0 Å². The Balaban J connectivity index is 1.66. The van der Waals surface area contributed by atoms with Crippen LogP contribution in [0.2, 0.25) is 0 Å². The van der Waals surface area contributed by atoms with E-state index in [1.807, 2.05) is 0 Å². The van der Waals surface area contributed by atoms with Crippen molar-refractivity contribution >= 4 is 23.7 Å². The molecule has 140 valence electrons. The van der Waals surface area contributed by atoms with Gasteiger partial charge in [0.2, 0.25) is 12.3 Å². The van der Waals surface area contributed by atoms with Crippen LogP contribution in [-0.2, 0) is 9.59 Å². The zero-order valence-electron chi connectivity index (χ0n) is 15.2. The first-order valence-corrected chi connectivity index (χ1v) is 9.46. The van der Waals surface area contributed by atoms with Gasteiger partial charge in [-0.3, -0.25) is 24.6 Å². The summed E-state index contributed by atoms with van der Waals surface area (Å²) in [7, 11) is 0. The van der Waals surface area contributed by atoms with E-state index in [9.17, 15) is 19.7 Å². The molecule has 0 N–H and O–H groups in total. The number of carbonyl (C=O) groups excluding carboxylic acids is 2. The Morgan fingerprint density at radius 2 is 1.93 bits per heavy atom. The molecule has 4 rings (SSSR count). The van der Waals surface area contributed by atoms with Crippen molar-refractivity contribution in [3.63, 3.8) is 0 Å². The van der Waals surface area contributed by atoms with Crippen LogP contribution in [-0.4, -0.2) is 17.2 Å². The van der Waals surface area contributed by atoms with E-state index in [2.05, 4.69) is 19.1 Å². The maximum absolute atomic E-state index is 13.3. The predicted molar refractivity (Wildman–Crippen MR) is 101 cm³/mol. The highest BCUT2D eigenvalue weighted by molar-refractivity contribution is 6.08. The third-order valence-electron chi connectivity index (χ3n) is 6.33. The summed E-state index contributed by atoms with van der Waals surface area (Å²) < 4.78 is 0. The molecule has 0 aliphatic heterocycles. The topological polar surface area (TPSA) is 80.5 Å². The van der Waals surface area contributed by atoms with E-state index in [0.29, 0.717) is 6.41 Å². The van der Waals surface area contributed by atoms with Crippen molar-refractivity contribution in [2.75, 3.05) is 4.90 Å². The highest BCUT2D eigenvalue weighted by Crippen LogP contribution is 2.55. The van der Waals surface area contributed by atoms with E-state index in [1.54, 1.807) is 6.07 Å². The minimum atomic E-state index is -0.525. The SMILES string of the molecule is CC1C2C=CC(C2=C2CCCC2)C1C(=O)N(C=O)c1cccc([N+](=O)[O-])c1. The van der Waals surface area contributed by atoms with Crippen LogP contribution in [0.3, 0.4) is 0 Å². The number of carbonyl (C=O) groups is 2. The smallest absolute Gasteiger partial charge is 0.271 e. The highest BCUT2D eigenvalue weighted by atomic mass is 16.6. The summed E-state index contributed by atoms with van der Waals surface area (Å²) in [5, 5.41) is 11.0. The third-order valence-corrected chi connectivity index (χ3v) is 6.33. The monoisotopic (exact) mass is 366 g/mol. The lowest BCUT2D eigenvalue weighted by Crippen LogP contribution is -2.39. The number of rotatable bonds is 4. The molecule has 0 radical (unpaired) electrons. The van der Waals surface area contributed by atoms with Crippen LogP contribution in [0.5, 0.6) is 0 Å². The maximum atomic E-state index is 13.3. The average molecular weight is 366 g/mol. The fourth-order valence-electron chi connectivity index (χ4n) is 5.09. The lowest BCUT2D eigenvalue weighted by molar-refractivity contribution is -0.384. The number of non-ortho nitro benzene ring substituents is 1. The molecule has 4 unspecified atom stereocenters. The van der Waals surface area contributed by atoms with E-state index in [1.165, 1.54) is 42.2 Å². The quantitative estimate of drug-likeness (QED) is 0.349. The molecule has 27 heavy (non-hydrogen) atoms. The van der Waals surface area contributed by atoms with Gasteiger partial charge >= 0.3 is 0 Å². The predicted octanol–water partition coefficient (Wildman–Crippen LogP) is 4.02. The van der Waals surface area contributed by atoms with Crippen LogP contribution in [0.15, 0.2) is 47.6 Å². The van der Waals surface area contributed by atoms with Crippen LogP contribution < -0.4 is 4.90 Å². The van der Waals surface area contributed by atoms with Crippen molar-refractivity contribution in [2.24, 2.45) is 23.7 Å². The van der Waals surface area contributed by atoms with Crippen molar-refractivity contribution in [1.82, 2.24) is 0 Å². The summed E-state index contributed by atoms with van der Waals surface area (Å²) in [6.07, 6.45) is 9.44. The normalized spacial score (nSPS) is 28.6. The molecule has 0 spiro atoms. The molecule has 0 heterocycles. The Bertz CT molecular complexity index is 865. The average Bonchev–Trinajstić information content (AvgIpc) is 3.37. The Morgan fingerprint density at radius 3 is 2.59 bits per heavy atom. The first kappa shape index (κ1) is 17.6. The fraction of sp³-hybridized carbons (Fsp3) is 0.429. The molecule has 2 bridgehead atoms. The Labute approximate surface area is 157 Å². The number of nitro benzene ring substituents is 1. The number of nitro groups is 1. The first-order chi connectivity index (χ1) is 13.0. The molecule has 1 aromatic carbocycles. The van der Waals surface area contributed by atoms with E-state index in [4.69, 9.17) is 0 Å². The molecule has 0 saturated heterocycles. The third kappa shape index (κ3) is 2.80. The minimum absolute atomic E-state index is 0.0479. The first-order valence-electron chi connectivity index (χ1n) is 9.46. The van der Waals surface area contributed by atoms with Gasteiger partial charge in [-0.15, -0.1) is 0 Å². The summed E-state index contributed by atoms with van der Waals surface area (Å²) in [5.41, 5.74) is 2.99. The number of allylic oxidation sites excluding steroid dienone is 4. The Kier molecular flexibility index (Phi) is 4.42. The summed E-state index contributed by atoms with van der Waals surface area (Å²) in [6, 6.07) is 5.68. The number of hydrogen-bond acceptors (Lipinski definition) is 4. The number of anilines is 1. The van der Waals surface area contributed by atoms with Crippen molar-refractivity contribution in [3.05, 3.63) is 57.7 Å². The van der Waals surface area contributed by atoms with Crippen molar-refractivity contribution in [3.8, 4) is 0 Å². The van der Waals surface area contributed by atoms with Crippen molar-refractivity contribution in [1.29, 1.82) is 0 Å². The second kappa shape index (κ2) is 6.76. The summed E-state index contributed by atoms with van der Waals surface area (Å²) in [4.78, 5) is 36.6. The molecule has 2 fully saturated rings. The van der Waals surface area contributed by atoms with Crippen LogP contribution in [0, 0.1) is 33.8 Å². The summed E-state index contributed by atoms with van der Waals surface area (Å²) >= 11 is 0. The number of nitrogens with zero attached hydrogens (tertiary/aromatic N) is 2. The number of amides is 2. The molecule has 0 aromatic heterocycles. The molecular weight excluding hydrogens is 344 g/mol. The van der Waals surface area contributed by atoms with E-state index in [-0.39, 0.29) is 41.0 Å². The van der Waals surface area contributed by atoms with Gasteiger partial charge in [-0.1, -0.05) is 36.3 Å². The zero-order valence-corrected chi connectivity index (χ0v) is 15.2. The minimum Gasteiger partial charge on any atom is -0.278 e. The number of fused-ring (bicyclic) bond motifs is 2. The van der Waals surface area contributed by atoms with E-state index < -0.39 is 4.92 Å². The zero-order chi connectivity index (χ0) is 19.1. The molecule has 6 heteroatoms. The lowest BCUT2D eigenvalue weighted by Gasteiger charge is -2.27. The molecular formula is C21H22N2O4. The van der Waals surface area contributed by atoms with Gasteiger partial charge in [-0.25, -0.2) is 0 Å². The number of imide groups is 1. The van der Waals surface area contributed by atoms with Crippen LogP contribution in [0.1, 0.15) is 32.6 Å². The van der Waals surface area contributed by atoms with E-state index in [0.717, 1.165) is 17.7 Å². The van der Waals surface area contributed by atoms with Gasteiger partial charge in [0.15, 0.2) is 0 Å². The second-order valence-corrected chi connectivity index (χ2v) is 7.68. The number of hydrogen-bond donors (Lipinski definition) is 0. The largest absolute Gasteiger partial charge is 0.278 e. The molecule has 3 aliphatic carbocycles. The van der Waals surface area contributed by atoms with Gasteiger partial charge in [0, 0.05) is 24.0 Å².